The fraction of sp³-hybridized carbons (Fsp3) is 0.417. The van der Waals surface area contributed by atoms with Crippen LogP contribution in [0, 0.1) is 5.82 Å². The maximum absolute atomic E-state index is 13.1. The summed E-state index contributed by atoms with van der Waals surface area (Å²) in [4.78, 5) is 10.3. The lowest BCUT2D eigenvalue weighted by Gasteiger charge is -2.03. The Bertz CT molecular complexity index is 347. The highest BCUT2D eigenvalue weighted by Gasteiger charge is 2.01. The number of aryl methyl sites for hydroxylation is 2. The molecule has 82 valence electrons. The first kappa shape index (κ1) is 11.7. The number of rotatable bonds is 5. The molecule has 0 aliphatic rings. The van der Waals surface area contributed by atoms with E-state index < -0.39 is 5.97 Å². The Hall–Kier alpha value is -1.38. The molecule has 0 unspecified atom stereocenters. The SMILES string of the molecule is CCc1cc(F)cc(CCCC(=O)O)c1. The van der Waals surface area contributed by atoms with E-state index in [1.807, 2.05) is 13.0 Å². The number of hydrogen-bond donors (Lipinski definition) is 1. The monoisotopic (exact) mass is 210 g/mol. The van der Waals surface area contributed by atoms with E-state index >= 15 is 0 Å². The van der Waals surface area contributed by atoms with Crippen LogP contribution >= 0.6 is 0 Å². The van der Waals surface area contributed by atoms with E-state index in [0.717, 1.165) is 17.5 Å². The highest BCUT2D eigenvalue weighted by molar-refractivity contribution is 5.66. The van der Waals surface area contributed by atoms with Gasteiger partial charge in [0.05, 0.1) is 0 Å². The van der Waals surface area contributed by atoms with Gasteiger partial charge in [0, 0.05) is 6.42 Å². The molecular formula is C12H15FO2. The molecule has 3 heteroatoms. The summed E-state index contributed by atoms with van der Waals surface area (Å²) >= 11 is 0. The van der Waals surface area contributed by atoms with Gasteiger partial charge in [0.2, 0.25) is 0 Å². The first-order valence-electron chi connectivity index (χ1n) is 5.12. The van der Waals surface area contributed by atoms with Crippen molar-refractivity contribution in [1.29, 1.82) is 0 Å². The zero-order chi connectivity index (χ0) is 11.3. The fourth-order valence-corrected chi connectivity index (χ4v) is 1.51. The number of carboxylic acids is 1. The van der Waals surface area contributed by atoms with Gasteiger partial charge in [-0.1, -0.05) is 13.0 Å². The quantitative estimate of drug-likeness (QED) is 0.811. The first-order valence-corrected chi connectivity index (χ1v) is 5.12. The van der Waals surface area contributed by atoms with Crippen LogP contribution in [0.2, 0.25) is 0 Å². The Morgan fingerprint density at radius 1 is 1.33 bits per heavy atom. The van der Waals surface area contributed by atoms with Gasteiger partial charge >= 0.3 is 5.97 Å². The summed E-state index contributed by atoms with van der Waals surface area (Å²) in [5.41, 5.74) is 1.84. The second-order valence-corrected chi connectivity index (χ2v) is 3.57. The second-order valence-electron chi connectivity index (χ2n) is 3.57. The van der Waals surface area contributed by atoms with Crippen molar-refractivity contribution in [2.45, 2.75) is 32.6 Å². The predicted molar refractivity (Wildman–Crippen MR) is 56.4 cm³/mol. The van der Waals surface area contributed by atoms with Crippen LogP contribution in [0.4, 0.5) is 4.39 Å². The standard InChI is InChI=1S/C12H15FO2/c1-2-9-6-10(8-11(13)7-9)4-3-5-12(14)15/h6-8H,2-5H2,1H3,(H,14,15). The fourth-order valence-electron chi connectivity index (χ4n) is 1.51. The topological polar surface area (TPSA) is 37.3 Å². The Morgan fingerprint density at radius 2 is 2.00 bits per heavy atom. The zero-order valence-electron chi connectivity index (χ0n) is 8.79. The van der Waals surface area contributed by atoms with Crippen LogP contribution in [-0.4, -0.2) is 11.1 Å². The number of carbonyl (C=O) groups is 1. The van der Waals surface area contributed by atoms with Gasteiger partial charge in [-0.2, -0.15) is 0 Å². The van der Waals surface area contributed by atoms with E-state index in [0.29, 0.717) is 12.8 Å². The van der Waals surface area contributed by atoms with Crippen molar-refractivity contribution in [3.8, 4) is 0 Å². The zero-order valence-corrected chi connectivity index (χ0v) is 8.79. The molecule has 0 amide bonds. The first-order chi connectivity index (χ1) is 7.11. The Labute approximate surface area is 88.7 Å². The molecule has 0 bridgehead atoms. The van der Waals surface area contributed by atoms with Gasteiger partial charge in [0.1, 0.15) is 5.82 Å². The summed E-state index contributed by atoms with van der Waals surface area (Å²) in [5, 5.41) is 8.47. The van der Waals surface area contributed by atoms with Gasteiger partial charge < -0.3 is 5.11 Å². The molecule has 0 fully saturated rings. The molecule has 0 aromatic heterocycles. The summed E-state index contributed by atoms with van der Waals surface area (Å²) < 4.78 is 13.1. The maximum atomic E-state index is 13.1. The van der Waals surface area contributed by atoms with Crippen molar-refractivity contribution < 1.29 is 14.3 Å². The van der Waals surface area contributed by atoms with Crippen LogP contribution in [0.25, 0.3) is 0 Å². The largest absolute Gasteiger partial charge is 0.481 e. The molecule has 15 heavy (non-hydrogen) atoms. The van der Waals surface area contributed by atoms with Gasteiger partial charge in [-0.05, 0) is 42.5 Å². The molecule has 0 radical (unpaired) electrons. The van der Waals surface area contributed by atoms with Crippen molar-refractivity contribution in [3.63, 3.8) is 0 Å². The molecule has 0 spiro atoms. The number of aliphatic carboxylic acids is 1. The van der Waals surface area contributed by atoms with E-state index in [1.165, 1.54) is 12.1 Å². The summed E-state index contributed by atoms with van der Waals surface area (Å²) in [6, 6.07) is 4.92. The van der Waals surface area contributed by atoms with Crippen LogP contribution in [0.15, 0.2) is 18.2 Å². The molecule has 0 saturated heterocycles. The summed E-state index contributed by atoms with van der Waals surface area (Å²) in [6.07, 6.45) is 2.11. The average Bonchev–Trinajstić information content (AvgIpc) is 2.16. The molecule has 0 aliphatic heterocycles. The smallest absolute Gasteiger partial charge is 0.303 e. The Kier molecular flexibility index (Phi) is 4.28. The van der Waals surface area contributed by atoms with Crippen molar-refractivity contribution in [2.75, 3.05) is 0 Å². The van der Waals surface area contributed by atoms with E-state index in [2.05, 4.69) is 0 Å². The summed E-state index contributed by atoms with van der Waals surface area (Å²) in [6.45, 7) is 1.97. The Morgan fingerprint density at radius 3 is 2.60 bits per heavy atom. The molecule has 1 N–H and O–H groups in total. The number of halogens is 1. The van der Waals surface area contributed by atoms with Gasteiger partial charge in [-0.15, -0.1) is 0 Å². The minimum absolute atomic E-state index is 0.137. The molecule has 1 aromatic rings. The van der Waals surface area contributed by atoms with Gasteiger partial charge in [-0.3, -0.25) is 4.79 Å². The summed E-state index contributed by atoms with van der Waals surface area (Å²) in [7, 11) is 0. The van der Waals surface area contributed by atoms with Crippen LogP contribution < -0.4 is 0 Å². The van der Waals surface area contributed by atoms with E-state index in [1.54, 1.807) is 0 Å². The number of hydrogen-bond acceptors (Lipinski definition) is 1. The average molecular weight is 210 g/mol. The molecule has 0 saturated carbocycles. The number of benzene rings is 1. The molecule has 1 aromatic carbocycles. The number of carboxylic acid groups (broad SMARTS) is 1. The minimum Gasteiger partial charge on any atom is -0.481 e. The van der Waals surface area contributed by atoms with Crippen LogP contribution in [0.1, 0.15) is 30.9 Å². The van der Waals surface area contributed by atoms with Crippen molar-refractivity contribution in [2.24, 2.45) is 0 Å². The lowest BCUT2D eigenvalue weighted by Crippen LogP contribution is -1.97. The van der Waals surface area contributed by atoms with Crippen LogP contribution in [0.3, 0.4) is 0 Å². The molecule has 1 rings (SSSR count). The Balaban J connectivity index is 2.60. The minimum atomic E-state index is -0.804. The third kappa shape index (κ3) is 4.11. The van der Waals surface area contributed by atoms with Gasteiger partial charge in [0.15, 0.2) is 0 Å². The van der Waals surface area contributed by atoms with E-state index in [9.17, 15) is 9.18 Å². The van der Waals surface area contributed by atoms with Crippen LogP contribution in [0.5, 0.6) is 0 Å². The molecule has 2 nitrogen and oxygen atoms in total. The highest BCUT2D eigenvalue weighted by Crippen LogP contribution is 2.12. The lowest BCUT2D eigenvalue weighted by atomic mass is 10.0. The highest BCUT2D eigenvalue weighted by atomic mass is 19.1. The predicted octanol–water partition coefficient (Wildman–Crippen LogP) is 2.80. The van der Waals surface area contributed by atoms with Crippen molar-refractivity contribution in [1.82, 2.24) is 0 Å². The maximum Gasteiger partial charge on any atom is 0.303 e. The van der Waals surface area contributed by atoms with Crippen LogP contribution in [-0.2, 0) is 17.6 Å². The van der Waals surface area contributed by atoms with E-state index in [-0.39, 0.29) is 12.2 Å². The third-order valence-corrected chi connectivity index (χ3v) is 2.28. The van der Waals surface area contributed by atoms with Gasteiger partial charge in [0.25, 0.3) is 0 Å². The molecular weight excluding hydrogens is 195 g/mol. The van der Waals surface area contributed by atoms with Crippen molar-refractivity contribution >= 4 is 5.97 Å². The van der Waals surface area contributed by atoms with Crippen molar-refractivity contribution in [3.05, 3.63) is 35.1 Å². The third-order valence-electron chi connectivity index (χ3n) is 2.28. The van der Waals surface area contributed by atoms with E-state index in [4.69, 9.17) is 5.11 Å². The molecule has 0 atom stereocenters. The normalized spacial score (nSPS) is 10.3. The molecule has 0 aliphatic carbocycles. The lowest BCUT2D eigenvalue weighted by molar-refractivity contribution is -0.137. The molecule has 0 heterocycles. The second kappa shape index (κ2) is 5.49. The van der Waals surface area contributed by atoms with Gasteiger partial charge in [-0.25, -0.2) is 4.39 Å². The summed E-state index contributed by atoms with van der Waals surface area (Å²) in [5.74, 6) is -1.04.